The summed E-state index contributed by atoms with van der Waals surface area (Å²) in [4.78, 5) is 20.6. The minimum absolute atomic E-state index is 0.0270. The first-order chi connectivity index (χ1) is 18.3. The van der Waals surface area contributed by atoms with Crippen LogP contribution in [0.25, 0.3) is 28.0 Å². The van der Waals surface area contributed by atoms with Crippen LogP contribution in [-0.4, -0.2) is 43.2 Å². The van der Waals surface area contributed by atoms with Crippen LogP contribution in [-0.2, 0) is 7.05 Å². The number of amides is 1. The number of aromatic nitrogens is 4. The first kappa shape index (κ1) is 24.4. The lowest BCUT2D eigenvalue weighted by molar-refractivity contribution is 0.0779. The standard InChI is InChI=1S/C30H31FN6O/c1-5-19-12-25(19)22-10-11-36(16-22)30(38)28-18(3)37(23-8-9-27-24(14-23)17(2)35(4)34-27)29(33-28)20-6-7-21(15-32)26(31)13-20/h6-9,13-14,19,22,25H,5,10-12,16H2,1-4H3/t19?,22-,25?/m0/s1. The van der Waals surface area contributed by atoms with Crippen molar-refractivity contribution in [2.75, 3.05) is 13.1 Å². The van der Waals surface area contributed by atoms with Crippen molar-refractivity contribution in [3.8, 4) is 23.1 Å². The second kappa shape index (κ2) is 9.09. The molecule has 1 aliphatic carbocycles. The molecule has 194 valence electrons. The minimum Gasteiger partial charge on any atom is -0.337 e. The third-order valence-electron chi connectivity index (χ3n) is 8.65. The molecule has 2 aromatic carbocycles. The topological polar surface area (TPSA) is 79.7 Å². The lowest BCUT2D eigenvalue weighted by Gasteiger charge is -2.16. The van der Waals surface area contributed by atoms with Crippen molar-refractivity contribution < 1.29 is 9.18 Å². The summed E-state index contributed by atoms with van der Waals surface area (Å²) in [6.45, 7) is 7.67. The Bertz CT molecular complexity index is 1630. The van der Waals surface area contributed by atoms with E-state index < -0.39 is 5.82 Å². The first-order valence-corrected chi connectivity index (χ1v) is 13.3. The van der Waals surface area contributed by atoms with Crippen molar-refractivity contribution in [1.29, 1.82) is 5.26 Å². The van der Waals surface area contributed by atoms with Gasteiger partial charge in [-0.05, 0) is 80.8 Å². The number of rotatable bonds is 5. The highest BCUT2D eigenvalue weighted by Gasteiger charge is 2.45. The van der Waals surface area contributed by atoms with E-state index in [0.29, 0.717) is 28.7 Å². The first-order valence-electron chi connectivity index (χ1n) is 13.3. The minimum atomic E-state index is -0.610. The Labute approximate surface area is 221 Å². The van der Waals surface area contributed by atoms with Crippen LogP contribution in [0, 0.1) is 48.7 Å². The molecule has 3 heterocycles. The highest BCUT2D eigenvalue weighted by atomic mass is 19.1. The Kier molecular flexibility index (Phi) is 5.82. The van der Waals surface area contributed by atoms with Crippen LogP contribution >= 0.6 is 0 Å². The summed E-state index contributed by atoms with van der Waals surface area (Å²) >= 11 is 0. The summed E-state index contributed by atoms with van der Waals surface area (Å²) < 4.78 is 18.4. The molecular formula is C30H31FN6O. The molecule has 0 spiro atoms. The van der Waals surface area contributed by atoms with Crippen molar-refractivity contribution in [3.63, 3.8) is 0 Å². The number of benzene rings is 2. The van der Waals surface area contributed by atoms with Gasteiger partial charge >= 0.3 is 0 Å². The zero-order chi connectivity index (χ0) is 26.7. The number of likely N-dealkylation sites (tertiary alicyclic amines) is 1. The van der Waals surface area contributed by atoms with Gasteiger partial charge in [-0.1, -0.05) is 13.3 Å². The van der Waals surface area contributed by atoms with Crippen LogP contribution in [0.4, 0.5) is 4.39 Å². The maximum atomic E-state index is 14.7. The zero-order valence-corrected chi connectivity index (χ0v) is 22.2. The van der Waals surface area contributed by atoms with Crippen LogP contribution in [0.5, 0.6) is 0 Å². The molecule has 1 amide bonds. The molecule has 2 aliphatic rings. The van der Waals surface area contributed by atoms with Crippen LogP contribution in [0.2, 0.25) is 0 Å². The highest BCUT2D eigenvalue weighted by Crippen LogP contribution is 2.49. The molecule has 3 atom stereocenters. The summed E-state index contributed by atoms with van der Waals surface area (Å²) in [6.07, 6.45) is 3.53. The van der Waals surface area contributed by atoms with Gasteiger partial charge in [-0.2, -0.15) is 10.4 Å². The predicted octanol–water partition coefficient (Wildman–Crippen LogP) is 5.56. The molecule has 2 fully saturated rings. The second-order valence-electron chi connectivity index (χ2n) is 10.8. The van der Waals surface area contributed by atoms with E-state index in [1.807, 2.05) is 59.3 Å². The summed E-state index contributed by atoms with van der Waals surface area (Å²) in [5.41, 5.74) is 4.29. The molecule has 0 N–H and O–H groups in total. The SMILES string of the molecule is CCC1CC1[C@H]1CCN(C(=O)c2nc(-c3ccc(C#N)c(F)c3)n(-c3ccc4nn(C)c(C)c4c3)c2C)C1. The van der Waals surface area contributed by atoms with E-state index in [0.717, 1.165) is 53.6 Å². The fraction of sp³-hybridized carbons (Fsp3) is 0.400. The van der Waals surface area contributed by atoms with Crippen LogP contribution in [0.3, 0.4) is 0 Å². The molecule has 8 heteroatoms. The van der Waals surface area contributed by atoms with E-state index in [9.17, 15) is 14.4 Å². The summed E-state index contributed by atoms with van der Waals surface area (Å²) in [6, 6.07) is 12.3. The predicted molar refractivity (Wildman–Crippen MR) is 143 cm³/mol. The van der Waals surface area contributed by atoms with Gasteiger partial charge in [0.25, 0.3) is 5.91 Å². The van der Waals surface area contributed by atoms with Gasteiger partial charge in [0, 0.05) is 42.5 Å². The normalized spacial score (nSPS) is 20.7. The fourth-order valence-electron chi connectivity index (χ4n) is 6.20. The van der Waals surface area contributed by atoms with Gasteiger partial charge in [-0.3, -0.25) is 14.0 Å². The Morgan fingerprint density at radius 3 is 2.71 bits per heavy atom. The van der Waals surface area contributed by atoms with E-state index in [4.69, 9.17) is 4.98 Å². The number of carbonyl (C=O) groups is 1. The van der Waals surface area contributed by atoms with Crippen LogP contribution < -0.4 is 0 Å². The molecule has 1 saturated heterocycles. The van der Waals surface area contributed by atoms with E-state index in [2.05, 4.69) is 12.0 Å². The van der Waals surface area contributed by atoms with Crippen molar-refractivity contribution >= 4 is 16.8 Å². The molecule has 1 aliphatic heterocycles. The lowest BCUT2D eigenvalue weighted by atomic mass is 10.0. The molecule has 2 unspecified atom stereocenters. The Hall–Kier alpha value is -3.99. The van der Waals surface area contributed by atoms with E-state index in [1.165, 1.54) is 25.0 Å². The van der Waals surface area contributed by atoms with E-state index >= 15 is 0 Å². The average molecular weight is 511 g/mol. The number of imidazole rings is 1. The highest BCUT2D eigenvalue weighted by molar-refractivity contribution is 5.95. The van der Waals surface area contributed by atoms with Gasteiger partial charge in [0.2, 0.25) is 0 Å². The zero-order valence-electron chi connectivity index (χ0n) is 22.2. The largest absolute Gasteiger partial charge is 0.337 e. The molecule has 4 aromatic rings. The van der Waals surface area contributed by atoms with Gasteiger partial charge < -0.3 is 4.90 Å². The third kappa shape index (κ3) is 3.89. The number of nitriles is 1. The molecule has 7 nitrogen and oxygen atoms in total. The number of halogens is 1. The lowest BCUT2D eigenvalue weighted by Crippen LogP contribution is -2.30. The number of nitrogens with zero attached hydrogens (tertiary/aromatic N) is 6. The van der Waals surface area contributed by atoms with Gasteiger partial charge in [-0.25, -0.2) is 9.37 Å². The number of hydrogen-bond donors (Lipinski definition) is 0. The van der Waals surface area contributed by atoms with Crippen LogP contribution in [0.15, 0.2) is 36.4 Å². The van der Waals surface area contributed by atoms with Gasteiger partial charge in [0.05, 0.1) is 16.8 Å². The average Bonchev–Trinajstić information content (AvgIpc) is 3.24. The number of hydrogen-bond acceptors (Lipinski definition) is 4. The number of fused-ring (bicyclic) bond motifs is 1. The Morgan fingerprint density at radius 1 is 1.18 bits per heavy atom. The Balaban J connectivity index is 1.44. The summed E-state index contributed by atoms with van der Waals surface area (Å²) in [5, 5.41) is 14.8. The molecule has 1 saturated carbocycles. The summed E-state index contributed by atoms with van der Waals surface area (Å²) in [7, 11) is 1.91. The summed E-state index contributed by atoms with van der Waals surface area (Å²) in [5.74, 6) is 1.89. The molecule has 0 radical (unpaired) electrons. The molecule has 6 rings (SSSR count). The van der Waals surface area contributed by atoms with Crippen LogP contribution in [0.1, 0.15) is 53.6 Å². The molecule has 38 heavy (non-hydrogen) atoms. The van der Waals surface area contributed by atoms with Crippen molar-refractivity contribution in [2.45, 2.75) is 40.0 Å². The Morgan fingerprint density at radius 2 is 2.00 bits per heavy atom. The third-order valence-corrected chi connectivity index (χ3v) is 8.65. The van der Waals surface area contributed by atoms with Crippen molar-refractivity contribution in [2.24, 2.45) is 24.8 Å². The van der Waals surface area contributed by atoms with E-state index in [1.54, 1.807) is 6.07 Å². The van der Waals surface area contributed by atoms with Gasteiger partial charge in [0.1, 0.15) is 23.4 Å². The quantitative estimate of drug-likeness (QED) is 0.352. The van der Waals surface area contributed by atoms with Crippen molar-refractivity contribution in [1.82, 2.24) is 24.2 Å². The van der Waals surface area contributed by atoms with Gasteiger partial charge in [0.15, 0.2) is 0 Å². The maximum absolute atomic E-state index is 14.7. The molecule has 2 aromatic heterocycles. The number of carbonyl (C=O) groups excluding carboxylic acids is 1. The fourth-order valence-corrected chi connectivity index (χ4v) is 6.20. The maximum Gasteiger partial charge on any atom is 0.274 e. The van der Waals surface area contributed by atoms with E-state index in [-0.39, 0.29) is 11.5 Å². The number of aryl methyl sites for hydroxylation is 2. The van der Waals surface area contributed by atoms with Crippen molar-refractivity contribution in [3.05, 3.63) is 64.9 Å². The molecule has 0 bridgehead atoms. The smallest absolute Gasteiger partial charge is 0.274 e. The van der Waals surface area contributed by atoms with Gasteiger partial charge in [-0.15, -0.1) is 0 Å². The second-order valence-corrected chi connectivity index (χ2v) is 10.8. The monoisotopic (exact) mass is 510 g/mol. The molecular weight excluding hydrogens is 479 g/mol.